The molecular formula is C22H31N3O3. The topological polar surface area (TPSA) is 78.5 Å². The monoisotopic (exact) mass is 385 g/mol. The number of hydrogen-bond donors (Lipinski definition) is 2. The summed E-state index contributed by atoms with van der Waals surface area (Å²) < 4.78 is 0. The van der Waals surface area contributed by atoms with Crippen LogP contribution in [0.4, 0.5) is 10.5 Å². The van der Waals surface area contributed by atoms with Crippen LogP contribution in [0.15, 0.2) is 18.2 Å². The summed E-state index contributed by atoms with van der Waals surface area (Å²) in [5.41, 5.74) is 2.34. The maximum atomic E-state index is 12.7. The molecule has 1 aromatic carbocycles. The molecule has 3 rings (SSSR count). The van der Waals surface area contributed by atoms with Crippen molar-refractivity contribution in [1.82, 2.24) is 10.2 Å². The Morgan fingerprint density at radius 1 is 1.11 bits per heavy atom. The maximum absolute atomic E-state index is 12.7. The van der Waals surface area contributed by atoms with Gasteiger partial charge in [-0.1, -0.05) is 58.7 Å². The summed E-state index contributed by atoms with van der Waals surface area (Å²) >= 11 is 0. The first-order chi connectivity index (χ1) is 13.2. The molecule has 0 atom stereocenters. The van der Waals surface area contributed by atoms with E-state index in [0.717, 1.165) is 29.7 Å². The van der Waals surface area contributed by atoms with Crippen molar-refractivity contribution < 1.29 is 14.4 Å². The number of nitrogens with one attached hydrogen (secondary N) is 2. The van der Waals surface area contributed by atoms with E-state index in [1.54, 1.807) is 0 Å². The van der Waals surface area contributed by atoms with E-state index < -0.39 is 5.54 Å². The lowest BCUT2D eigenvalue weighted by Gasteiger charge is -2.21. The van der Waals surface area contributed by atoms with Crippen molar-refractivity contribution >= 4 is 23.5 Å². The van der Waals surface area contributed by atoms with E-state index in [0.29, 0.717) is 12.8 Å². The number of anilines is 1. The van der Waals surface area contributed by atoms with Crippen LogP contribution in [-0.2, 0) is 9.59 Å². The van der Waals surface area contributed by atoms with Crippen LogP contribution >= 0.6 is 0 Å². The molecule has 1 aromatic rings. The average Bonchev–Trinajstić information content (AvgIpc) is 3.19. The molecule has 1 saturated carbocycles. The Kier molecular flexibility index (Phi) is 5.77. The summed E-state index contributed by atoms with van der Waals surface area (Å²) in [6.45, 7) is 8.51. The Morgan fingerprint density at radius 2 is 1.68 bits per heavy atom. The van der Waals surface area contributed by atoms with E-state index in [-0.39, 0.29) is 42.6 Å². The third kappa shape index (κ3) is 3.77. The fourth-order valence-corrected chi connectivity index (χ4v) is 4.31. The molecule has 6 heteroatoms. The zero-order valence-electron chi connectivity index (χ0n) is 17.3. The van der Waals surface area contributed by atoms with Crippen molar-refractivity contribution in [1.29, 1.82) is 0 Å². The first-order valence-electron chi connectivity index (χ1n) is 10.3. The predicted molar refractivity (Wildman–Crippen MR) is 109 cm³/mol. The highest BCUT2D eigenvalue weighted by molar-refractivity contribution is 6.07. The Bertz CT molecular complexity index is 753. The molecule has 1 aliphatic heterocycles. The van der Waals surface area contributed by atoms with E-state index in [2.05, 4.69) is 38.3 Å². The summed E-state index contributed by atoms with van der Waals surface area (Å²) in [5.74, 6) is 0.209. The van der Waals surface area contributed by atoms with Crippen LogP contribution in [0.5, 0.6) is 0 Å². The number of hydrogen-bond acceptors (Lipinski definition) is 3. The van der Waals surface area contributed by atoms with Gasteiger partial charge in [-0.2, -0.15) is 0 Å². The molecule has 0 unspecified atom stereocenters. The number of urea groups is 1. The third-order valence-electron chi connectivity index (χ3n) is 5.90. The lowest BCUT2D eigenvalue weighted by Crippen LogP contribution is -2.44. The molecule has 1 spiro atoms. The van der Waals surface area contributed by atoms with Crippen molar-refractivity contribution in [3.63, 3.8) is 0 Å². The highest BCUT2D eigenvalue weighted by atomic mass is 16.2. The van der Waals surface area contributed by atoms with Gasteiger partial charge in [0, 0.05) is 18.7 Å². The molecule has 2 N–H and O–H groups in total. The molecule has 1 saturated heterocycles. The lowest BCUT2D eigenvalue weighted by molar-refractivity contribution is -0.131. The van der Waals surface area contributed by atoms with Gasteiger partial charge in [0.15, 0.2) is 0 Å². The van der Waals surface area contributed by atoms with Crippen LogP contribution in [0.3, 0.4) is 0 Å². The minimum Gasteiger partial charge on any atom is -0.326 e. The molecule has 2 fully saturated rings. The van der Waals surface area contributed by atoms with Crippen LogP contribution in [0, 0.1) is 0 Å². The minimum atomic E-state index is -0.720. The molecule has 0 radical (unpaired) electrons. The SMILES string of the molecule is CC(C)c1cccc(C(C)C)c1NC(=O)CCN1C(=O)NC2(CCCC2)C1=O. The van der Waals surface area contributed by atoms with Gasteiger partial charge in [-0.3, -0.25) is 14.5 Å². The molecule has 1 aliphatic carbocycles. The normalized spacial score (nSPS) is 18.4. The molecule has 0 aromatic heterocycles. The average molecular weight is 386 g/mol. The minimum absolute atomic E-state index is 0.0964. The van der Waals surface area contributed by atoms with Crippen molar-refractivity contribution in [2.75, 3.05) is 11.9 Å². The second kappa shape index (κ2) is 7.94. The molecular weight excluding hydrogens is 354 g/mol. The van der Waals surface area contributed by atoms with E-state index in [1.807, 2.05) is 18.2 Å². The predicted octanol–water partition coefficient (Wildman–Crippen LogP) is 4.13. The zero-order chi connectivity index (χ0) is 20.5. The Labute approximate surface area is 167 Å². The van der Waals surface area contributed by atoms with Gasteiger partial charge in [0.1, 0.15) is 5.54 Å². The fourth-order valence-electron chi connectivity index (χ4n) is 4.31. The highest BCUT2D eigenvalue weighted by Crippen LogP contribution is 2.35. The smallest absolute Gasteiger partial charge is 0.325 e. The van der Waals surface area contributed by atoms with E-state index in [1.165, 1.54) is 4.90 Å². The number of carbonyl (C=O) groups is 3. The number of benzene rings is 1. The molecule has 28 heavy (non-hydrogen) atoms. The first-order valence-corrected chi connectivity index (χ1v) is 10.3. The van der Waals surface area contributed by atoms with Crippen LogP contribution < -0.4 is 10.6 Å². The number of amides is 4. The zero-order valence-corrected chi connectivity index (χ0v) is 17.3. The maximum Gasteiger partial charge on any atom is 0.325 e. The van der Waals surface area contributed by atoms with Crippen molar-refractivity contribution in [3.05, 3.63) is 29.3 Å². The number of rotatable bonds is 6. The molecule has 1 heterocycles. The van der Waals surface area contributed by atoms with Gasteiger partial charge in [-0.05, 0) is 35.8 Å². The Hall–Kier alpha value is -2.37. The van der Waals surface area contributed by atoms with Crippen LogP contribution in [0.1, 0.15) is 82.8 Å². The van der Waals surface area contributed by atoms with E-state index in [9.17, 15) is 14.4 Å². The lowest BCUT2D eigenvalue weighted by atomic mass is 9.92. The van der Waals surface area contributed by atoms with Gasteiger partial charge in [-0.15, -0.1) is 0 Å². The Morgan fingerprint density at radius 3 is 2.21 bits per heavy atom. The van der Waals surface area contributed by atoms with Gasteiger partial charge in [0.05, 0.1) is 0 Å². The second-order valence-corrected chi connectivity index (χ2v) is 8.60. The first kappa shape index (κ1) is 20.4. The highest BCUT2D eigenvalue weighted by Gasteiger charge is 2.52. The van der Waals surface area contributed by atoms with Crippen molar-refractivity contribution in [2.24, 2.45) is 0 Å². The molecule has 4 amide bonds. The second-order valence-electron chi connectivity index (χ2n) is 8.60. The third-order valence-corrected chi connectivity index (χ3v) is 5.90. The van der Waals surface area contributed by atoms with Gasteiger partial charge in [0.25, 0.3) is 5.91 Å². The summed E-state index contributed by atoms with van der Waals surface area (Å²) in [6.07, 6.45) is 3.38. The van der Waals surface area contributed by atoms with Crippen molar-refractivity contribution in [2.45, 2.75) is 77.2 Å². The Balaban J connectivity index is 1.68. The van der Waals surface area contributed by atoms with Crippen LogP contribution in [0.2, 0.25) is 0 Å². The van der Waals surface area contributed by atoms with Gasteiger partial charge in [0.2, 0.25) is 5.91 Å². The summed E-state index contributed by atoms with van der Waals surface area (Å²) in [5, 5.41) is 5.90. The number of carbonyl (C=O) groups excluding carboxylic acids is 3. The van der Waals surface area contributed by atoms with E-state index in [4.69, 9.17) is 0 Å². The van der Waals surface area contributed by atoms with Gasteiger partial charge >= 0.3 is 6.03 Å². The number of para-hydroxylation sites is 1. The molecule has 0 bridgehead atoms. The quantitative estimate of drug-likeness (QED) is 0.723. The standard InChI is InChI=1S/C22H31N3O3/c1-14(2)16-8-7-9-17(15(3)4)19(16)23-18(26)10-13-25-20(27)22(24-21(25)28)11-5-6-12-22/h7-9,14-15H,5-6,10-13H2,1-4H3,(H,23,26)(H,24,28). The number of nitrogens with zero attached hydrogens (tertiary/aromatic N) is 1. The number of imide groups is 1. The van der Waals surface area contributed by atoms with Gasteiger partial charge < -0.3 is 10.6 Å². The molecule has 2 aliphatic rings. The largest absolute Gasteiger partial charge is 0.326 e. The summed E-state index contributed by atoms with van der Waals surface area (Å²) in [7, 11) is 0. The van der Waals surface area contributed by atoms with Crippen LogP contribution in [-0.4, -0.2) is 34.8 Å². The van der Waals surface area contributed by atoms with Crippen molar-refractivity contribution in [3.8, 4) is 0 Å². The fraction of sp³-hybridized carbons (Fsp3) is 0.591. The summed E-state index contributed by atoms with van der Waals surface area (Å²) in [4.78, 5) is 38.8. The van der Waals surface area contributed by atoms with E-state index >= 15 is 0 Å². The van der Waals surface area contributed by atoms with Crippen LogP contribution in [0.25, 0.3) is 0 Å². The van der Waals surface area contributed by atoms with Gasteiger partial charge in [-0.25, -0.2) is 4.79 Å². The summed E-state index contributed by atoms with van der Waals surface area (Å²) in [6, 6.07) is 5.72. The molecule has 6 nitrogen and oxygen atoms in total. The molecule has 152 valence electrons.